The SMILES string of the molecule is CC(=O)N(CC(=O)NCc1ccc(F)cc1)c1ccccc1C. The van der Waals surface area contributed by atoms with Gasteiger partial charge in [0.25, 0.3) is 0 Å². The first-order valence-corrected chi connectivity index (χ1v) is 7.32. The molecule has 1 N–H and O–H groups in total. The second-order valence-electron chi connectivity index (χ2n) is 5.29. The van der Waals surface area contributed by atoms with Gasteiger partial charge in [0.15, 0.2) is 0 Å². The Morgan fingerprint density at radius 2 is 1.74 bits per heavy atom. The third kappa shape index (κ3) is 4.64. The van der Waals surface area contributed by atoms with E-state index in [0.717, 1.165) is 16.8 Å². The average molecular weight is 314 g/mol. The van der Waals surface area contributed by atoms with Crippen LogP contribution >= 0.6 is 0 Å². The van der Waals surface area contributed by atoms with Crippen molar-refractivity contribution in [1.29, 1.82) is 0 Å². The number of carbonyl (C=O) groups is 2. The summed E-state index contributed by atoms with van der Waals surface area (Å²) in [5, 5.41) is 2.74. The van der Waals surface area contributed by atoms with Gasteiger partial charge in [-0.1, -0.05) is 30.3 Å². The van der Waals surface area contributed by atoms with Crippen molar-refractivity contribution < 1.29 is 14.0 Å². The molecule has 0 aliphatic carbocycles. The van der Waals surface area contributed by atoms with E-state index < -0.39 is 0 Å². The molecule has 2 aromatic carbocycles. The van der Waals surface area contributed by atoms with Crippen molar-refractivity contribution in [2.45, 2.75) is 20.4 Å². The monoisotopic (exact) mass is 314 g/mol. The molecule has 0 aromatic heterocycles. The molecule has 0 fully saturated rings. The lowest BCUT2D eigenvalue weighted by molar-refractivity contribution is -0.123. The Morgan fingerprint density at radius 3 is 2.35 bits per heavy atom. The molecule has 2 aromatic rings. The highest BCUT2D eigenvalue weighted by atomic mass is 19.1. The Bertz CT molecular complexity index is 698. The largest absolute Gasteiger partial charge is 0.350 e. The van der Waals surface area contributed by atoms with Crippen molar-refractivity contribution in [3.63, 3.8) is 0 Å². The Kier molecular flexibility index (Phi) is 5.46. The van der Waals surface area contributed by atoms with Gasteiger partial charge in [0.2, 0.25) is 11.8 Å². The first-order valence-electron chi connectivity index (χ1n) is 7.32. The molecular formula is C18H19FN2O2. The third-order valence-corrected chi connectivity index (χ3v) is 3.49. The van der Waals surface area contributed by atoms with Gasteiger partial charge in [0.1, 0.15) is 12.4 Å². The van der Waals surface area contributed by atoms with Crippen LogP contribution in [-0.2, 0) is 16.1 Å². The van der Waals surface area contributed by atoms with Crippen LogP contribution < -0.4 is 10.2 Å². The van der Waals surface area contributed by atoms with E-state index in [1.54, 1.807) is 12.1 Å². The van der Waals surface area contributed by atoms with E-state index in [4.69, 9.17) is 0 Å². The maximum Gasteiger partial charge on any atom is 0.240 e. The normalized spacial score (nSPS) is 10.2. The van der Waals surface area contributed by atoms with Crippen LogP contribution in [-0.4, -0.2) is 18.4 Å². The molecule has 120 valence electrons. The Morgan fingerprint density at radius 1 is 1.09 bits per heavy atom. The highest BCUT2D eigenvalue weighted by Crippen LogP contribution is 2.19. The maximum atomic E-state index is 12.8. The number of nitrogens with one attached hydrogen (secondary N) is 1. The summed E-state index contributed by atoms with van der Waals surface area (Å²) < 4.78 is 12.8. The number of anilines is 1. The fourth-order valence-electron chi connectivity index (χ4n) is 2.23. The fourth-order valence-corrected chi connectivity index (χ4v) is 2.23. The minimum atomic E-state index is -0.317. The van der Waals surface area contributed by atoms with Crippen molar-refractivity contribution in [3.8, 4) is 0 Å². The summed E-state index contributed by atoms with van der Waals surface area (Å²) >= 11 is 0. The summed E-state index contributed by atoms with van der Waals surface area (Å²) in [7, 11) is 0. The van der Waals surface area contributed by atoms with Crippen molar-refractivity contribution in [2.24, 2.45) is 0 Å². The van der Waals surface area contributed by atoms with Gasteiger partial charge in [-0.05, 0) is 36.2 Å². The van der Waals surface area contributed by atoms with E-state index >= 15 is 0 Å². The minimum absolute atomic E-state index is 0.0542. The Hall–Kier alpha value is -2.69. The second-order valence-corrected chi connectivity index (χ2v) is 5.29. The van der Waals surface area contributed by atoms with Crippen molar-refractivity contribution >= 4 is 17.5 Å². The van der Waals surface area contributed by atoms with Crippen LogP contribution in [0, 0.1) is 12.7 Å². The van der Waals surface area contributed by atoms with Gasteiger partial charge in [-0.2, -0.15) is 0 Å². The molecule has 2 rings (SSSR count). The molecule has 0 saturated carbocycles. The van der Waals surface area contributed by atoms with E-state index in [1.165, 1.54) is 24.0 Å². The molecule has 0 unspecified atom stereocenters. The average Bonchev–Trinajstić information content (AvgIpc) is 2.52. The molecule has 0 aliphatic heterocycles. The summed E-state index contributed by atoms with van der Waals surface area (Å²) in [6.45, 7) is 3.56. The van der Waals surface area contributed by atoms with Gasteiger partial charge in [-0.25, -0.2) is 4.39 Å². The van der Waals surface area contributed by atoms with Gasteiger partial charge in [0.05, 0.1) is 0 Å². The molecule has 0 saturated heterocycles. The molecule has 0 atom stereocenters. The Balaban J connectivity index is 2.00. The predicted molar refractivity (Wildman–Crippen MR) is 87.5 cm³/mol. The number of rotatable bonds is 5. The van der Waals surface area contributed by atoms with Gasteiger partial charge >= 0.3 is 0 Å². The summed E-state index contributed by atoms with van der Waals surface area (Å²) in [4.78, 5) is 25.4. The molecule has 0 aliphatic rings. The van der Waals surface area contributed by atoms with E-state index in [9.17, 15) is 14.0 Å². The van der Waals surface area contributed by atoms with Crippen LogP contribution in [0.15, 0.2) is 48.5 Å². The van der Waals surface area contributed by atoms with E-state index in [2.05, 4.69) is 5.32 Å². The van der Waals surface area contributed by atoms with Gasteiger partial charge in [0, 0.05) is 19.2 Å². The third-order valence-electron chi connectivity index (χ3n) is 3.49. The Labute approximate surface area is 134 Å². The zero-order chi connectivity index (χ0) is 16.8. The van der Waals surface area contributed by atoms with Crippen LogP contribution in [0.4, 0.5) is 10.1 Å². The van der Waals surface area contributed by atoms with Crippen LogP contribution in [0.1, 0.15) is 18.1 Å². The number of carbonyl (C=O) groups excluding carboxylic acids is 2. The van der Waals surface area contributed by atoms with E-state index in [1.807, 2.05) is 31.2 Å². The zero-order valence-corrected chi connectivity index (χ0v) is 13.2. The van der Waals surface area contributed by atoms with Gasteiger partial charge < -0.3 is 10.2 Å². The second kappa shape index (κ2) is 7.54. The van der Waals surface area contributed by atoms with Gasteiger partial charge in [-0.3, -0.25) is 9.59 Å². The smallest absolute Gasteiger partial charge is 0.240 e. The maximum absolute atomic E-state index is 12.8. The number of aryl methyl sites for hydroxylation is 1. The molecule has 4 nitrogen and oxygen atoms in total. The number of halogens is 1. The molecule has 23 heavy (non-hydrogen) atoms. The number of para-hydroxylation sites is 1. The van der Waals surface area contributed by atoms with Crippen LogP contribution in [0.3, 0.4) is 0 Å². The quantitative estimate of drug-likeness (QED) is 0.922. The van der Waals surface area contributed by atoms with Gasteiger partial charge in [-0.15, -0.1) is 0 Å². The number of nitrogens with zero attached hydrogens (tertiary/aromatic N) is 1. The molecule has 2 amide bonds. The van der Waals surface area contributed by atoms with Crippen LogP contribution in [0.25, 0.3) is 0 Å². The summed E-state index contributed by atoms with van der Waals surface area (Å²) in [5.41, 5.74) is 2.44. The summed E-state index contributed by atoms with van der Waals surface area (Å²) in [6.07, 6.45) is 0. The van der Waals surface area contributed by atoms with E-state index in [-0.39, 0.29) is 24.2 Å². The number of benzene rings is 2. The molecular weight excluding hydrogens is 295 g/mol. The van der Waals surface area contributed by atoms with E-state index in [0.29, 0.717) is 6.54 Å². The molecule has 0 spiro atoms. The predicted octanol–water partition coefficient (Wildman–Crippen LogP) is 2.80. The fraction of sp³-hybridized carbons (Fsp3) is 0.222. The highest BCUT2D eigenvalue weighted by Gasteiger charge is 2.17. The lowest BCUT2D eigenvalue weighted by Crippen LogP contribution is -2.39. The lowest BCUT2D eigenvalue weighted by Gasteiger charge is -2.22. The summed E-state index contributed by atoms with van der Waals surface area (Å²) in [5.74, 6) is -0.786. The standard InChI is InChI=1S/C18H19FN2O2/c1-13-5-3-4-6-17(13)21(14(2)22)12-18(23)20-11-15-7-9-16(19)10-8-15/h3-10H,11-12H2,1-2H3,(H,20,23). The number of amides is 2. The summed E-state index contributed by atoms with van der Waals surface area (Å²) in [6, 6.07) is 13.3. The molecule has 0 heterocycles. The number of hydrogen-bond donors (Lipinski definition) is 1. The molecule has 0 bridgehead atoms. The van der Waals surface area contributed by atoms with Crippen molar-refractivity contribution in [3.05, 3.63) is 65.5 Å². The number of hydrogen-bond acceptors (Lipinski definition) is 2. The van der Waals surface area contributed by atoms with Crippen LogP contribution in [0.2, 0.25) is 0 Å². The first kappa shape index (κ1) is 16.7. The topological polar surface area (TPSA) is 49.4 Å². The first-order chi connectivity index (χ1) is 11.0. The molecule has 5 heteroatoms. The zero-order valence-electron chi connectivity index (χ0n) is 13.2. The molecule has 0 radical (unpaired) electrons. The van der Waals surface area contributed by atoms with Crippen molar-refractivity contribution in [1.82, 2.24) is 5.32 Å². The van der Waals surface area contributed by atoms with Crippen LogP contribution in [0.5, 0.6) is 0 Å². The minimum Gasteiger partial charge on any atom is -0.350 e. The highest BCUT2D eigenvalue weighted by molar-refractivity contribution is 5.98. The lowest BCUT2D eigenvalue weighted by atomic mass is 10.1. The van der Waals surface area contributed by atoms with Crippen molar-refractivity contribution in [2.75, 3.05) is 11.4 Å².